The van der Waals surface area contributed by atoms with E-state index in [1.165, 1.54) is 23.1 Å². The predicted molar refractivity (Wildman–Crippen MR) is 83.5 cm³/mol. The predicted octanol–water partition coefficient (Wildman–Crippen LogP) is 2.67. The number of hydrogen-bond acceptors (Lipinski definition) is 7. The minimum Gasteiger partial charge on any atom is -0.410 e. The Morgan fingerprint density at radius 1 is 1.38 bits per heavy atom. The van der Waals surface area contributed by atoms with Crippen LogP contribution in [0.4, 0.5) is 0 Å². The Labute approximate surface area is 131 Å². The van der Waals surface area contributed by atoms with Crippen molar-refractivity contribution >= 4 is 29.0 Å². The number of aromatic nitrogens is 3. The molecule has 2 aromatic rings. The second kappa shape index (κ2) is 7.04. The minimum absolute atomic E-state index is 0.0294. The number of hydrogen-bond donors (Lipinski definition) is 1. The van der Waals surface area contributed by atoms with Crippen LogP contribution in [-0.2, 0) is 4.79 Å². The quantitative estimate of drug-likeness (QED) is 0.822. The normalized spacial score (nSPS) is 11.1. The summed E-state index contributed by atoms with van der Waals surface area (Å²) in [6, 6.07) is 0. The molecule has 0 bridgehead atoms. The maximum Gasteiger partial charge on any atom is 0.277 e. The lowest BCUT2D eigenvalue weighted by Gasteiger charge is -2.05. The van der Waals surface area contributed by atoms with Gasteiger partial charge in [-0.2, -0.15) is 0 Å². The number of nitrogens with one attached hydrogen (secondary N) is 1. The van der Waals surface area contributed by atoms with Gasteiger partial charge in [0.1, 0.15) is 4.88 Å². The van der Waals surface area contributed by atoms with E-state index in [-0.39, 0.29) is 11.7 Å². The lowest BCUT2D eigenvalue weighted by atomic mass is 10.2. The van der Waals surface area contributed by atoms with Gasteiger partial charge in [0.05, 0.1) is 16.5 Å². The molecule has 21 heavy (non-hydrogen) atoms. The molecule has 2 heterocycles. The van der Waals surface area contributed by atoms with Crippen molar-refractivity contribution in [2.75, 3.05) is 12.3 Å². The maximum absolute atomic E-state index is 11.6. The van der Waals surface area contributed by atoms with Crippen LogP contribution in [0.5, 0.6) is 0 Å². The molecule has 2 aromatic heterocycles. The molecule has 0 aliphatic carbocycles. The average molecular weight is 326 g/mol. The van der Waals surface area contributed by atoms with Crippen molar-refractivity contribution in [2.45, 2.75) is 32.9 Å². The van der Waals surface area contributed by atoms with Crippen LogP contribution in [0.15, 0.2) is 9.64 Å². The molecule has 0 saturated carbocycles. The third kappa shape index (κ3) is 4.53. The van der Waals surface area contributed by atoms with Gasteiger partial charge in [0.2, 0.25) is 5.91 Å². The zero-order chi connectivity index (χ0) is 15.4. The van der Waals surface area contributed by atoms with E-state index in [1.54, 1.807) is 0 Å². The number of carbonyl (C=O) groups excluding carboxylic acids is 1. The van der Waals surface area contributed by atoms with E-state index < -0.39 is 0 Å². The van der Waals surface area contributed by atoms with Crippen LogP contribution in [0, 0.1) is 19.8 Å². The smallest absolute Gasteiger partial charge is 0.277 e. The first kappa shape index (κ1) is 16.0. The van der Waals surface area contributed by atoms with Gasteiger partial charge in [-0.15, -0.1) is 21.5 Å². The van der Waals surface area contributed by atoms with E-state index in [9.17, 15) is 4.79 Å². The van der Waals surface area contributed by atoms with Gasteiger partial charge in [-0.05, 0) is 19.8 Å². The van der Waals surface area contributed by atoms with Crippen LogP contribution >= 0.6 is 23.1 Å². The number of nitrogens with zero attached hydrogens (tertiary/aromatic N) is 3. The van der Waals surface area contributed by atoms with Gasteiger partial charge < -0.3 is 9.73 Å². The first-order valence-electron chi connectivity index (χ1n) is 6.63. The Hall–Kier alpha value is -1.41. The molecule has 1 N–H and O–H groups in total. The van der Waals surface area contributed by atoms with E-state index in [0.717, 1.165) is 15.6 Å². The van der Waals surface area contributed by atoms with E-state index in [2.05, 4.69) is 34.3 Å². The van der Waals surface area contributed by atoms with Crippen molar-refractivity contribution in [1.29, 1.82) is 0 Å². The lowest BCUT2D eigenvalue weighted by molar-refractivity contribution is -0.118. The van der Waals surface area contributed by atoms with Crippen molar-refractivity contribution in [2.24, 2.45) is 5.92 Å². The Morgan fingerprint density at radius 3 is 2.76 bits per heavy atom. The summed E-state index contributed by atoms with van der Waals surface area (Å²) in [4.78, 5) is 16.8. The summed E-state index contributed by atoms with van der Waals surface area (Å²) < 4.78 is 5.57. The van der Waals surface area contributed by atoms with Gasteiger partial charge >= 0.3 is 0 Å². The number of rotatable bonds is 6. The average Bonchev–Trinajstić information content (AvgIpc) is 3.00. The summed E-state index contributed by atoms with van der Waals surface area (Å²) in [6.07, 6.45) is 0. The maximum atomic E-state index is 11.6. The highest BCUT2D eigenvalue weighted by Gasteiger charge is 2.15. The van der Waals surface area contributed by atoms with Crippen LogP contribution in [-0.4, -0.2) is 33.4 Å². The molecule has 114 valence electrons. The Kier molecular flexibility index (Phi) is 5.35. The Morgan fingerprint density at radius 2 is 2.14 bits per heavy atom. The molecular formula is C13H18N4O2S2. The highest BCUT2D eigenvalue weighted by Crippen LogP contribution is 2.30. The third-order valence-electron chi connectivity index (χ3n) is 2.54. The molecule has 0 saturated heterocycles. The minimum atomic E-state index is -0.0294. The standard InChI is InChI=1S/C13H18N4O2S2/c1-7(2)5-14-10(18)6-20-13-17-16-12(19-13)11-8(3)15-9(4)21-11/h7H,5-6H2,1-4H3,(H,14,18). The van der Waals surface area contributed by atoms with Crippen molar-refractivity contribution in [1.82, 2.24) is 20.5 Å². The molecule has 0 radical (unpaired) electrons. The van der Waals surface area contributed by atoms with Gasteiger partial charge in [-0.1, -0.05) is 25.6 Å². The summed E-state index contributed by atoms with van der Waals surface area (Å²) in [5.74, 6) is 1.14. The fourth-order valence-corrected chi connectivity index (χ4v) is 3.02. The van der Waals surface area contributed by atoms with Gasteiger partial charge in [0.15, 0.2) is 0 Å². The highest BCUT2D eigenvalue weighted by atomic mass is 32.2. The van der Waals surface area contributed by atoms with E-state index in [0.29, 0.717) is 23.6 Å². The molecule has 6 nitrogen and oxygen atoms in total. The third-order valence-corrected chi connectivity index (χ3v) is 4.42. The summed E-state index contributed by atoms with van der Waals surface area (Å²) in [5.41, 5.74) is 0.882. The summed E-state index contributed by atoms with van der Waals surface area (Å²) >= 11 is 2.76. The first-order valence-corrected chi connectivity index (χ1v) is 8.43. The highest BCUT2D eigenvalue weighted by molar-refractivity contribution is 7.99. The monoisotopic (exact) mass is 326 g/mol. The van der Waals surface area contributed by atoms with Gasteiger partial charge in [-0.25, -0.2) is 4.98 Å². The number of aryl methyl sites for hydroxylation is 2. The van der Waals surface area contributed by atoms with E-state index in [4.69, 9.17) is 4.42 Å². The van der Waals surface area contributed by atoms with Crippen LogP contribution in [0.2, 0.25) is 0 Å². The second-order valence-corrected chi connectivity index (χ2v) is 7.14. The molecule has 0 spiro atoms. The van der Waals surface area contributed by atoms with E-state index in [1.807, 2.05) is 13.8 Å². The van der Waals surface area contributed by atoms with Gasteiger partial charge in [-0.3, -0.25) is 4.79 Å². The van der Waals surface area contributed by atoms with Crippen LogP contribution in [0.25, 0.3) is 10.8 Å². The molecule has 8 heteroatoms. The molecule has 0 fully saturated rings. The molecule has 1 amide bonds. The molecule has 0 aliphatic rings. The largest absolute Gasteiger partial charge is 0.410 e. The van der Waals surface area contributed by atoms with Crippen molar-refractivity contribution < 1.29 is 9.21 Å². The van der Waals surface area contributed by atoms with Gasteiger partial charge in [0, 0.05) is 6.54 Å². The molecule has 0 unspecified atom stereocenters. The topological polar surface area (TPSA) is 80.9 Å². The van der Waals surface area contributed by atoms with Gasteiger partial charge in [0.25, 0.3) is 11.1 Å². The molecule has 0 aromatic carbocycles. The zero-order valence-electron chi connectivity index (χ0n) is 12.5. The Bertz CT molecular complexity index is 621. The van der Waals surface area contributed by atoms with Crippen LogP contribution in [0.3, 0.4) is 0 Å². The van der Waals surface area contributed by atoms with Crippen molar-refractivity contribution in [3.63, 3.8) is 0 Å². The lowest BCUT2D eigenvalue weighted by Crippen LogP contribution is -2.28. The number of thioether (sulfide) groups is 1. The fourth-order valence-electron chi connectivity index (χ4n) is 1.59. The van der Waals surface area contributed by atoms with E-state index >= 15 is 0 Å². The number of thiazole rings is 1. The van der Waals surface area contributed by atoms with Crippen molar-refractivity contribution in [3.05, 3.63) is 10.7 Å². The summed E-state index contributed by atoms with van der Waals surface area (Å²) in [6.45, 7) is 8.63. The van der Waals surface area contributed by atoms with Crippen molar-refractivity contribution in [3.8, 4) is 10.8 Å². The number of amides is 1. The molecule has 0 aliphatic heterocycles. The molecule has 0 atom stereocenters. The molecular weight excluding hydrogens is 308 g/mol. The number of carbonyl (C=O) groups is 1. The molecule has 2 rings (SSSR count). The Balaban J connectivity index is 1.92. The van der Waals surface area contributed by atoms with Crippen LogP contribution in [0.1, 0.15) is 24.5 Å². The first-order chi connectivity index (χ1) is 9.95. The second-order valence-electron chi connectivity index (χ2n) is 5.01. The summed E-state index contributed by atoms with van der Waals surface area (Å²) in [5, 5.41) is 12.2. The van der Waals surface area contributed by atoms with Crippen LogP contribution < -0.4 is 5.32 Å². The summed E-state index contributed by atoms with van der Waals surface area (Å²) in [7, 11) is 0. The zero-order valence-corrected chi connectivity index (χ0v) is 14.1. The SMILES string of the molecule is Cc1nc(C)c(-c2nnc(SCC(=O)NCC(C)C)o2)s1. The fraction of sp³-hybridized carbons (Fsp3) is 0.538.